The van der Waals surface area contributed by atoms with E-state index in [4.69, 9.17) is 9.15 Å². The Morgan fingerprint density at radius 3 is 2.56 bits per heavy atom. The zero-order chi connectivity index (χ0) is 22.5. The fraction of sp³-hybridized carbons (Fsp3) is 0.346. The number of hydrogen-bond acceptors (Lipinski definition) is 4. The Labute approximate surface area is 189 Å². The molecular weight excluding hydrogens is 402 g/mol. The van der Waals surface area contributed by atoms with Gasteiger partial charge in [0.2, 0.25) is 5.91 Å². The second-order valence-corrected chi connectivity index (χ2v) is 8.29. The number of carbonyl (C=O) groups is 1. The minimum Gasteiger partial charge on any atom is -0.467 e. The van der Waals surface area contributed by atoms with Crippen molar-refractivity contribution in [2.24, 2.45) is 0 Å². The molecule has 168 valence electrons. The second-order valence-electron chi connectivity index (χ2n) is 8.29. The van der Waals surface area contributed by atoms with Gasteiger partial charge in [-0.2, -0.15) is 0 Å². The number of hydrogen-bond donors (Lipinski definition) is 0. The van der Waals surface area contributed by atoms with E-state index in [1.54, 1.807) is 17.2 Å². The van der Waals surface area contributed by atoms with Crippen LogP contribution < -0.4 is 4.90 Å². The van der Waals surface area contributed by atoms with E-state index in [2.05, 4.69) is 53.6 Å². The van der Waals surface area contributed by atoms with Crippen molar-refractivity contribution in [1.29, 1.82) is 0 Å². The average Bonchev–Trinajstić information content (AvgIpc) is 3.42. The lowest BCUT2D eigenvalue weighted by molar-refractivity contribution is -0.125. The van der Waals surface area contributed by atoms with Crippen LogP contribution in [0, 0.1) is 13.8 Å². The van der Waals surface area contributed by atoms with Gasteiger partial charge in [0, 0.05) is 49.8 Å². The number of ether oxygens (including phenoxy) is 1. The summed E-state index contributed by atoms with van der Waals surface area (Å²) in [5.41, 5.74) is 5.62. The van der Waals surface area contributed by atoms with Crippen LogP contribution in [0.5, 0.6) is 0 Å². The summed E-state index contributed by atoms with van der Waals surface area (Å²) in [4.78, 5) is 16.8. The van der Waals surface area contributed by atoms with Crippen LogP contribution in [0.3, 0.4) is 0 Å². The number of furan rings is 1. The summed E-state index contributed by atoms with van der Waals surface area (Å²) in [6.07, 6.45) is 5.25. The second kappa shape index (κ2) is 9.92. The molecule has 3 heterocycles. The molecule has 1 fully saturated rings. The predicted molar refractivity (Wildman–Crippen MR) is 127 cm³/mol. The van der Waals surface area contributed by atoms with Crippen LogP contribution in [0.1, 0.15) is 28.3 Å². The number of benzene rings is 1. The Hall–Kier alpha value is -3.25. The van der Waals surface area contributed by atoms with Gasteiger partial charge in [-0.15, -0.1) is 0 Å². The molecule has 1 aliphatic rings. The maximum atomic E-state index is 12.7. The molecule has 3 aromatic rings. The Morgan fingerprint density at radius 2 is 1.88 bits per heavy atom. The molecule has 0 unspecified atom stereocenters. The molecule has 6 heteroatoms. The molecular formula is C26H31N3O3. The SMILES string of the molecule is Cc1cc(/C=C/C(=O)N(C)Cc2ccc(N3CCOCC3)cc2)c(C)n1Cc1ccco1. The van der Waals surface area contributed by atoms with Crippen LogP contribution in [-0.4, -0.2) is 48.7 Å². The van der Waals surface area contributed by atoms with Gasteiger partial charge in [0.25, 0.3) is 0 Å². The quantitative estimate of drug-likeness (QED) is 0.523. The van der Waals surface area contributed by atoms with Gasteiger partial charge in [-0.05, 0) is 61.4 Å². The van der Waals surface area contributed by atoms with Crippen molar-refractivity contribution < 1.29 is 13.9 Å². The average molecular weight is 434 g/mol. The third-order valence-corrected chi connectivity index (χ3v) is 6.02. The Kier molecular flexibility index (Phi) is 6.81. The molecule has 1 saturated heterocycles. The molecule has 0 bridgehead atoms. The monoisotopic (exact) mass is 433 g/mol. The molecule has 0 radical (unpaired) electrons. The molecule has 0 aliphatic carbocycles. The fourth-order valence-corrected chi connectivity index (χ4v) is 4.07. The zero-order valence-corrected chi connectivity index (χ0v) is 19.1. The zero-order valence-electron chi connectivity index (χ0n) is 19.1. The van der Waals surface area contributed by atoms with Crippen molar-refractivity contribution >= 4 is 17.7 Å². The molecule has 1 aromatic carbocycles. The summed E-state index contributed by atoms with van der Waals surface area (Å²) in [7, 11) is 1.84. The standard InChI is InChI=1S/C26H31N3O3/c1-20-17-23(21(2)29(20)19-25-5-4-14-32-25)8-11-26(30)27(3)18-22-6-9-24(10-7-22)28-12-15-31-16-13-28/h4-11,14,17H,12-13,15-16,18-19H2,1-3H3/b11-8+. The van der Waals surface area contributed by atoms with E-state index < -0.39 is 0 Å². The van der Waals surface area contributed by atoms with Crippen molar-refractivity contribution in [2.75, 3.05) is 38.3 Å². The van der Waals surface area contributed by atoms with Gasteiger partial charge >= 0.3 is 0 Å². The lowest BCUT2D eigenvalue weighted by atomic mass is 10.1. The fourth-order valence-electron chi connectivity index (χ4n) is 4.07. The summed E-state index contributed by atoms with van der Waals surface area (Å²) in [6, 6.07) is 14.4. The molecule has 0 saturated carbocycles. The molecule has 1 aliphatic heterocycles. The molecule has 32 heavy (non-hydrogen) atoms. The first-order chi connectivity index (χ1) is 15.5. The first-order valence-electron chi connectivity index (χ1n) is 11.0. The van der Waals surface area contributed by atoms with E-state index >= 15 is 0 Å². The third kappa shape index (κ3) is 5.14. The summed E-state index contributed by atoms with van der Waals surface area (Å²) in [5.74, 6) is 0.899. The van der Waals surface area contributed by atoms with Crippen molar-refractivity contribution in [3.63, 3.8) is 0 Å². The molecule has 0 N–H and O–H groups in total. The molecule has 0 atom stereocenters. The lowest BCUT2D eigenvalue weighted by Gasteiger charge is -2.29. The highest BCUT2D eigenvalue weighted by Gasteiger charge is 2.13. The molecule has 6 nitrogen and oxygen atoms in total. The van der Waals surface area contributed by atoms with Gasteiger partial charge in [0.05, 0.1) is 26.0 Å². The van der Waals surface area contributed by atoms with Crippen LogP contribution in [-0.2, 0) is 22.6 Å². The first kappa shape index (κ1) is 22.0. The number of amides is 1. The number of anilines is 1. The van der Waals surface area contributed by atoms with E-state index in [0.29, 0.717) is 13.1 Å². The minimum absolute atomic E-state index is 0.0157. The van der Waals surface area contributed by atoms with Crippen LogP contribution in [0.25, 0.3) is 6.08 Å². The Morgan fingerprint density at radius 1 is 1.12 bits per heavy atom. The van der Waals surface area contributed by atoms with Crippen LogP contribution in [0.2, 0.25) is 0 Å². The number of aryl methyl sites for hydroxylation is 1. The van der Waals surface area contributed by atoms with Crippen LogP contribution in [0.15, 0.2) is 59.2 Å². The summed E-state index contributed by atoms with van der Waals surface area (Å²) in [6.45, 7) is 8.79. The maximum Gasteiger partial charge on any atom is 0.246 e. The number of nitrogens with zero attached hydrogens (tertiary/aromatic N) is 3. The minimum atomic E-state index is -0.0157. The maximum absolute atomic E-state index is 12.7. The van der Waals surface area contributed by atoms with E-state index in [9.17, 15) is 4.79 Å². The number of aromatic nitrogens is 1. The predicted octanol–water partition coefficient (Wildman–Crippen LogP) is 4.25. The number of morpholine rings is 1. The molecule has 2 aromatic heterocycles. The topological polar surface area (TPSA) is 50.9 Å². The summed E-state index contributed by atoms with van der Waals surface area (Å²) < 4.78 is 13.1. The highest BCUT2D eigenvalue weighted by molar-refractivity contribution is 5.91. The largest absolute Gasteiger partial charge is 0.467 e. The highest BCUT2D eigenvalue weighted by Crippen LogP contribution is 2.20. The van der Waals surface area contributed by atoms with Crippen LogP contribution >= 0.6 is 0 Å². The van der Waals surface area contributed by atoms with E-state index in [1.807, 2.05) is 25.3 Å². The summed E-state index contributed by atoms with van der Waals surface area (Å²) >= 11 is 0. The Bertz CT molecular complexity index is 1060. The smallest absolute Gasteiger partial charge is 0.246 e. The number of likely N-dealkylation sites (N-methyl/N-ethyl adjacent to an activating group) is 1. The number of carbonyl (C=O) groups excluding carboxylic acids is 1. The molecule has 0 spiro atoms. The Balaban J connectivity index is 1.36. The molecule has 4 rings (SSSR count). The number of rotatable bonds is 7. The van der Waals surface area contributed by atoms with Gasteiger partial charge in [0.1, 0.15) is 5.76 Å². The lowest BCUT2D eigenvalue weighted by Crippen LogP contribution is -2.36. The van der Waals surface area contributed by atoms with Gasteiger partial charge < -0.3 is 23.5 Å². The van der Waals surface area contributed by atoms with Crippen molar-refractivity contribution in [2.45, 2.75) is 26.9 Å². The highest BCUT2D eigenvalue weighted by atomic mass is 16.5. The van der Waals surface area contributed by atoms with E-state index in [-0.39, 0.29) is 5.91 Å². The summed E-state index contributed by atoms with van der Waals surface area (Å²) in [5, 5.41) is 0. The van der Waals surface area contributed by atoms with Crippen LogP contribution in [0.4, 0.5) is 5.69 Å². The van der Waals surface area contributed by atoms with E-state index in [1.165, 1.54) is 5.69 Å². The van der Waals surface area contributed by atoms with E-state index in [0.717, 1.165) is 54.6 Å². The van der Waals surface area contributed by atoms with Crippen molar-refractivity contribution in [1.82, 2.24) is 9.47 Å². The van der Waals surface area contributed by atoms with Gasteiger partial charge in [0.15, 0.2) is 0 Å². The first-order valence-corrected chi connectivity index (χ1v) is 11.0. The normalized spacial score (nSPS) is 14.3. The molecule has 1 amide bonds. The van der Waals surface area contributed by atoms with Crippen molar-refractivity contribution in [3.8, 4) is 0 Å². The van der Waals surface area contributed by atoms with Gasteiger partial charge in [-0.25, -0.2) is 0 Å². The van der Waals surface area contributed by atoms with Gasteiger partial charge in [-0.1, -0.05) is 12.1 Å². The third-order valence-electron chi connectivity index (χ3n) is 6.02. The van der Waals surface area contributed by atoms with Crippen molar-refractivity contribution in [3.05, 3.63) is 83.1 Å². The van der Waals surface area contributed by atoms with Gasteiger partial charge in [-0.3, -0.25) is 4.79 Å².